The van der Waals surface area contributed by atoms with Crippen LogP contribution in [0.3, 0.4) is 0 Å². The fourth-order valence-electron chi connectivity index (χ4n) is 2.96. The number of carbonyl (C=O) groups is 1. The van der Waals surface area contributed by atoms with Gasteiger partial charge in [-0.2, -0.15) is 0 Å². The number of anilines is 1. The predicted octanol–water partition coefficient (Wildman–Crippen LogP) is 4.66. The van der Waals surface area contributed by atoms with Gasteiger partial charge in [0.1, 0.15) is 5.82 Å². The van der Waals surface area contributed by atoms with Crippen molar-refractivity contribution in [2.45, 2.75) is 25.3 Å². The van der Waals surface area contributed by atoms with E-state index < -0.39 is 0 Å². The van der Waals surface area contributed by atoms with Gasteiger partial charge in [-0.15, -0.1) is 0 Å². The van der Waals surface area contributed by atoms with Crippen molar-refractivity contribution in [3.63, 3.8) is 0 Å². The number of fused-ring (bicyclic) bond motifs is 1. The van der Waals surface area contributed by atoms with E-state index in [-0.39, 0.29) is 17.8 Å². The quantitative estimate of drug-likeness (QED) is 0.645. The number of hydrogen-bond donors (Lipinski definition) is 1. The molecule has 0 amide bonds. The van der Waals surface area contributed by atoms with Crippen molar-refractivity contribution in [3.8, 4) is 0 Å². The van der Waals surface area contributed by atoms with Crippen LogP contribution >= 0.6 is 0 Å². The van der Waals surface area contributed by atoms with Crippen molar-refractivity contribution in [1.82, 2.24) is 0 Å². The molecule has 124 valence electrons. The summed E-state index contributed by atoms with van der Waals surface area (Å²) in [6.45, 7) is 0. The maximum absolute atomic E-state index is 14.3. The lowest BCUT2D eigenvalue weighted by Crippen LogP contribution is -2.13. The molecule has 0 unspecified atom stereocenters. The molecule has 0 aromatic heterocycles. The van der Waals surface area contributed by atoms with Crippen LogP contribution < -0.4 is 5.32 Å². The minimum Gasteiger partial charge on any atom is -0.465 e. The monoisotopic (exact) mass is 325 g/mol. The summed E-state index contributed by atoms with van der Waals surface area (Å²) in [5, 5.41) is 3.36. The Hall–Kier alpha value is -2.62. The molecule has 0 saturated carbocycles. The van der Waals surface area contributed by atoms with Crippen molar-refractivity contribution in [1.29, 1.82) is 0 Å². The summed E-state index contributed by atoms with van der Waals surface area (Å²) in [7, 11) is 1.36. The molecule has 1 heterocycles. The fraction of sp³-hybridized carbons (Fsp3) is 0.250. The largest absolute Gasteiger partial charge is 0.465 e. The van der Waals surface area contributed by atoms with Gasteiger partial charge in [0.15, 0.2) is 0 Å². The van der Waals surface area contributed by atoms with Gasteiger partial charge in [-0.3, -0.25) is 0 Å². The lowest BCUT2D eigenvalue weighted by molar-refractivity contribution is 0.0600. The first-order valence-electron chi connectivity index (χ1n) is 8.06. The zero-order valence-electron chi connectivity index (χ0n) is 13.6. The zero-order chi connectivity index (χ0) is 16.9. The maximum Gasteiger partial charge on any atom is 0.337 e. The standard InChI is InChI=1S/C20H20FNO2/c1-24-20(23)16-12-10-14(11-13-16)18-9-4-2-3-6-15-7-5-8-17(21)19(15)22-18/h2-3,5,7-8,10-13,18,22H,4,6,9H2,1H3/t18-/m1/s1. The van der Waals surface area contributed by atoms with Gasteiger partial charge in [-0.1, -0.05) is 36.4 Å². The van der Waals surface area contributed by atoms with Gasteiger partial charge >= 0.3 is 5.97 Å². The maximum atomic E-state index is 14.3. The SMILES string of the molecule is COC(=O)c1ccc([C@H]2CCC=CCc3cccc(F)c3N2)cc1. The molecule has 2 aromatic carbocycles. The third-order valence-corrected chi connectivity index (χ3v) is 4.28. The number of esters is 1. The topological polar surface area (TPSA) is 38.3 Å². The highest BCUT2D eigenvalue weighted by atomic mass is 19.1. The molecule has 24 heavy (non-hydrogen) atoms. The molecule has 0 radical (unpaired) electrons. The average molecular weight is 325 g/mol. The fourth-order valence-corrected chi connectivity index (χ4v) is 2.96. The molecular formula is C20H20FNO2. The van der Waals surface area contributed by atoms with Gasteiger partial charge in [0, 0.05) is 0 Å². The summed E-state index contributed by atoms with van der Waals surface area (Å²) < 4.78 is 19.0. The Balaban J connectivity index is 1.91. The van der Waals surface area contributed by atoms with Crippen LogP contribution in [0.25, 0.3) is 0 Å². The Kier molecular flexibility index (Phi) is 4.94. The Morgan fingerprint density at radius 2 is 1.96 bits per heavy atom. The van der Waals surface area contributed by atoms with Crippen LogP contribution in [0.4, 0.5) is 10.1 Å². The lowest BCUT2D eigenvalue weighted by Gasteiger charge is -2.22. The van der Waals surface area contributed by atoms with E-state index in [1.807, 2.05) is 18.2 Å². The Labute approximate surface area is 141 Å². The van der Waals surface area contributed by atoms with E-state index in [9.17, 15) is 9.18 Å². The molecular weight excluding hydrogens is 305 g/mol. The normalized spacial score (nSPS) is 17.0. The van der Waals surface area contributed by atoms with Gasteiger partial charge in [0.2, 0.25) is 0 Å². The highest BCUT2D eigenvalue weighted by Gasteiger charge is 2.17. The van der Waals surface area contributed by atoms with E-state index in [1.165, 1.54) is 13.2 Å². The Morgan fingerprint density at radius 1 is 1.17 bits per heavy atom. The van der Waals surface area contributed by atoms with E-state index in [0.29, 0.717) is 17.7 Å². The van der Waals surface area contributed by atoms with Crippen molar-refractivity contribution in [2.75, 3.05) is 12.4 Å². The Bertz CT molecular complexity index is 753. The third kappa shape index (κ3) is 3.48. The molecule has 0 spiro atoms. The van der Waals surface area contributed by atoms with E-state index in [1.54, 1.807) is 18.2 Å². The van der Waals surface area contributed by atoms with Crippen LogP contribution in [0.15, 0.2) is 54.6 Å². The summed E-state index contributed by atoms with van der Waals surface area (Å²) in [4.78, 5) is 11.6. The number of carbonyl (C=O) groups excluding carboxylic acids is 1. The van der Waals surface area contributed by atoms with Crippen molar-refractivity contribution >= 4 is 11.7 Å². The summed E-state index contributed by atoms with van der Waals surface area (Å²) in [6, 6.07) is 12.4. The smallest absolute Gasteiger partial charge is 0.337 e. The van der Waals surface area contributed by atoms with Gasteiger partial charge in [-0.25, -0.2) is 9.18 Å². The summed E-state index contributed by atoms with van der Waals surface area (Å²) in [5.41, 5.74) is 3.04. The first kappa shape index (κ1) is 16.2. The molecule has 3 nitrogen and oxygen atoms in total. The van der Waals surface area contributed by atoms with Crippen molar-refractivity contribution in [2.24, 2.45) is 0 Å². The van der Waals surface area contributed by atoms with Gasteiger partial charge in [0.05, 0.1) is 24.4 Å². The van der Waals surface area contributed by atoms with E-state index in [0.717, 1.165) is 24.0 Å². The molecule has 4 heteroatoms. The van der Waals surface area contributed by atoms with Crippen LogP contribution in [0, 0.1) is 5.82 Å². The van der Waals surface area contributed by atoms with Gasteiger partial charge < -0.3 is 10.1 Å². The molecule has 3 rings (SSSR count). The second-order valence-corrected chi connectivity index (χ2v) is 5.84. The molecule has 0 aliphatic carbocycles. The van der Waals surface area contributed by atoms with E-state index in [2.05, 4.69) is 17.5 Å². The minimum atomic E-state index is -0.358. The summed E-state index contributed by atoms with van der Waals surface area (Å²) >= 11 is 0. The number of halogens is 1. The second-order valence-electron chi connectivity index (χ2n) is 5.84. The highest BCUT2D eigenvalue weighted by Crippen LogP contribution is 2.30. The summed E-state index contributed by atoms with van der Waals surface area (Å²) in [5.74, 6) is -0.595. The molecule has 1 aliphatic rings. The Morgan fingerprint density at radius 3 is 2.71 bits per heavy atom. The number of hydrogen-bond acceptors (Lipinski definition) is 3. The number of allylic oxidation sites excluding steroid dienone is 2. The highest BCUT2D eigenvalue weighted by molar-refractivity contribution is 5.89. The number of benzene rings is 2. The van der Waals surface area contributed by atoms with Crippen LogP contribution in [0.2, 0.25) is 0 Å². The first-order chi connectivity index (χ1) is 11.7. The number of rotatable bonds is 2. The van der Waals surface area contributed by atoms with Crippen LogP contribution in [0.1, 0.15) is 40.4 Å². The van der Waals surface area contributed by atoms with Crippen LogP contribution in [-0.2, 0) is 11.2 Å². The number of nitrogens with one attached hydrogen (secondary N) is 1. The first-order valence-corrected chi connectivity index (χ1v) is 8.06. The number of methoxy groups -OCH3 is 1. The predicted molar refractivity (Wildman–Crippen MR) is 92.6 cm³/mol. The van der Waals surface area contributed by atoms with Gasteiger partial charge in [0.25, 0.3) is 0 Å². The summed E-state index contributed by atoms with van der Waals surface area (Å²) in [6.07, 6.45) is 6.70. The second kappa shape index (κ2) is 7.30. The number of ether oxygens (including phenoxy) is 1. The van der Waals surface area contributed by atoms with Crippen LogP contribution in [0.5, 0.6) is 0 Å². The molecule has 0 fully saturated rings. The van der Waals surface area contributed by atoms with E-state index in [4.69, 9.17) is 4.74 Å². The minimum absolute atomic E-state index is 0.0184. The average Bonchev–Trinajstić information content (AvgIpc) is 2.72. The lowest BCUT2D eigenvalue weighted by atomic mass is 10.00. The van der Waals surface area contributed by atoms with E-state index >= 15 is 0 Å². The molecule has 0 saturated heterocycles. The zero-order valence-corrected chi connectivity index (χ0v) is 13.6. The molecule has 2 aromatic rings. The third-order valence-electron chi connectivity index (χ3n) is 4.28. The molecule has 1 N–H and O–H groups in total. The van der Waals surface area contributed by atoms with Crippen molar-refractivity contribution < 1.29 is 13.9 Å². The molecule has 1 aliphatic heterocycles. The van der Waals surface area contributed by atoms with Crippen molar-refractivity contribution in [3.05, 3.63) is 77.1 Å². The van der Waals surface area contributed by atoms with Crippen LogP contribution in [-0.4, -0.2) is 13.1 Å². The molecule has 1 atom stereocenters. The van der Waals surface area contributed by atoms with Gasteiger partial charge in [-0.05, 0) is 48.6 Å². The molecule has 0 bridgehead atoms. The number of para-hydroxylation sites is 1.